The molecule has 0 atom stereocenters. The van der Waals surface area contributed by atoms with Crippen LogP contribution in [0.2, 0.25) is 0 Å². The molecule has 2 aromatic heterocycles. The summed E-state index contributed by atoms with van der Waals surface area (Å²) < 4.78 is 0. The third-order valence-corrected chi connectivity index (χ3v) is 2.30. The molecule has 0 fully saturated rings. The van der Waals surface area contributed by atoms with E-state index in [2.05, 4.69) is 51.3 Å². The van der Waals surface area contributed by atoms with Crippen molar-refractivity contribution >= 4 is 22.9 Å². The Labute approximate surface area is 100 Å². The van der Waals surface area contributed by atoms with Gasteiger partial charge in [0.25, 0.3) is 0 Å². The highest BCUT2D eigenvalue weighted by Crippen LogP contribution is 2.20. The van der Waals surface area contributed by atoms with Gasteiger partial charge in [-0.1, -0.05) is 20.8 Å². The lowest BCUT2D eigenvalue weighted by Crippen LogP contribution is -2.20. The van der Waals surface area contributed by atoms with Gasteiger partial charge in [0.1, 0.15) is 5.52 Å². The number of anilines is 2. The van der Waals surface area contributed by atoms with Crippen molar-refractivity contribution in [3.63, 3.8) is 0 Å². The molecule has 0 amide bonds. The van der Waals surface area contributed by atoms with Gasteiger partial charge in [0.2, 0.25) is 5.95 Å². The number of nitrogens with zero attached hydrogens (tertiary/aromatic N) is 3. The highest BCUT2D eigenvalue weighted by Gasteiger charge is 2.13. The lowest BCUT2D eigenvalue weighted by molar-refractivity contribution is 0.442. The van der Waals surface area contributed by atoms with Crippen LogP contribution in [0.15, 0.2) is 6.33 Å². The second-order valence-electron chi connectivity index (χ2n) is 5.16. The number of aromatic amines is 1. The Hall–Kier alpha value is -1.85. The number of hydrogen-bond donors (Lipinski definition) is 3. The van der Waals surface area contributed by atoms with E-state index in [9.17, 15) is 0 Å². The van der Waals surface area contributed by atoms with E-state index < -0.39 is 0 Å². The zero-order valence-electron chi connectivity index (χ0n) is 10.6. The summed E-state index contributed by atoms with van der Waals surface area (Å²) in [5, 5.41) is 6.26. The zero-order chi connectivity index (χ0) is 12.5. The fraction of sp³-hybridized carbons (Fsp3) is 0.545. The Morgan fingerprint density at radius 3 is 2.71 bits per heavy atom. The lowest BCUT2D eigenvalue weighted by Gasteiger charge is -2.19. The lowest BCUT2D eigenvalue weighted by atomic mass is 9.97. The molecule has 6 nitrogen and oxygen atoms in total. The average Bonchev–Trinajstić information content (AvgIpc) is 2.72. The van der Waals surface area contributed by atoms with Crippen LogP contribution in [0.1, 0.15) is 20.8 Å². The maximum absolute atomic E-state index is 4.39. The van der Waals surface area contributed by atoms with Crippen LogP contribution in [0.25, 0.3) is 11.2 Å². The largest absolute Gasteiger partial charge is 0.368 e. The maximum Gasteiger partial charge on any atom is 0.226 e. The Morgan fingerprint density at radius 2 is 2.06 bits per heavy atom. The minimum Gasteiger partial charge on any atom is -0.368 e. The van der Waals surface area contributed by atoms with E-state index in [1.807, 2.05) is 0 Å². The molecule has 3 N–H and O–H groups in total. The molecule has 0 spiro atoms. The van der Waals surface area contributed by atoms with Crippen LogP contribution in [-0.4, -0.2) is 33.5 Å². The standard InChI is InChI=1S/C11H18N6/c1-11(2,3)5-13-8-7-9(15-6-14-7)17-10(12-4)16-8/h6H,5H2,1-4H3,(H3,12,13,14,15,16,17). The second-order valence-corrected chi connectivity index (χ2v) is 5.16. The van der Waals surface area contributed by atoms with Crippen LogP contribution < -0.4 is 10.6 Å². The number of fused-ring (bicyclic) bond motifs is 1. The fourth-order valence-corrected chi connectivity index (χ4v) is 1.42. The van der Waals surface area contributed by atoms with E-state index in [1.54, 1.807) is 13.4 Å². The molecule has 6 heteroatoms. The first-order chi connectivity index (χ1) is 7.99. The van der Waals surface area contributed by atoms with E-state index in [0.717, 1.165) is 17.9 Å². The van der Waals surface area contributed by atoms with E-state index in [1.165, 1.54) is 0 Å². The van der Waals surface area contributed by atoms with Gasteiger partial charge in [0.15, 0.2) is 11.5 Å². The molecular formula is C11H18N6. The first-order valence-electron chi connectivity index (χ1n) is 5.62. The quantitative estimate of drug-likeness (QED) is 0.755. The predicted octanol–water partition coefficient (Wildman–Crippen LogP) is 1.85. The van der Waals surface area contributed by atoms with Crippen LogP contribution >= 0.6 is 0 Å². The summed E-state index contributed by atoms with van der Waals surface area (Å²) in [4.78, 5) is 15.8. The molecule has 17 heavy (non-hydrogen) atoms. The Morgan fingerprint density at radius 1 is 1.29 bits per heavy atom. The van der Waals surface area contributed by atoms with Crippen molar-refractivity contribution < 1.29 is 0 Å². The molecule has 2 rings (SSSR count). The van der Waals surface area contributed by atoms with Crippen LogP contribution in [0.3, 0.4) is 0 Å². The zero-order valence-corrected chi connectivity index (χ0v) is 10.6. The highest BCUT2D eigenvalue weighted by atomic mass is 15.2. The summed E-state index contributed by atoms with van der Waals surface area (Å²) in [6.45, 7) is 7.35. The van der Waals surface area contributed by atoms with Crippen molar-refractivity contribution in [2.24, 2.45) is 5.41 Å². The molecule has 0 unspecified atom stereocenters. The molecule has 92 valence electrons. The molecular weight excluding hydrogens is 216 g/mol. The number of nitrogens with one attached hydrogen (secondary N) is 3. The van der Waals surface area contributed by atoms with Crippen molar-refractivity contribution in [2.45, 2.75) is 20.8 Å². The number of aromatic nitrogens is 4. The molecule has 0 radical (unpaired) electrons. The summed E-state index contributed by atoms with van der Waals surface area (Å²) in [5.41, 5.74) is 1.70. The van der Waals surface area contributed by atoms with Crippen molar-refractivity contribution in [2.75, 3.05) is 24.2 Å². The smallest absolute Gasteiger partial charge is 0.226 e. The minimum absolute atomic E-state index is 0.192. The van der Waals surface area contributed by atoms with Gasteiger partial charge in [-0.3, -0.25) is 0 Å². The van der Waals surface area contributed by atoms with Crippen molar-refractivity contribution in [3.05, 3.63) is 6.33 Å². The molecule has 2 heterocycles. The van der Waals surface area contributed by atoms with E-state index >= 15 is 0 Å². The summed E-state index contributed by atoms with van der Waals surface area (Å²) >= 11 is 0. The third kappa shape index (κ3) is 2.64. The fourth-order valence-electron chi connectivity index (χ4n) is 1.42. The van der Waals surface area contributed by atoms with Gasteiger partial charge in [-0.2, -0.15) is 9.97 Å². The molecule has 0 bridgehead atoms. The molecule has 0 aliphatic carbocycles. The van der Waals surface area contributed by atoms with Gasteiger partial charge in [0, 0.05) is 13.6 Å². The topological polar surface area (TPSA) is 78.5 Å². The van der Waals surface area contributed by atoms with E-state index in [0.29, 0.717) is 11.6 Å². The minimum atomic E-state index is 0.192. The molecule has 0 aliphatic heterocycles. The summed E-state index contributed by atoms with van der Waals surface area (Å²) in [6, 6.07) is 0. The number of rotatable bonds is 3. The molecule has 0 saturated heterocycles. The van der Waals surface area contributed by atoms with E-state index in [-0.39, 0.29) is 5.41 Å². The average molecular weight is 234 g/mol. The molecule has 0 saturated carbocycles. The summed E-state index contributed by atoms with van der Waals surface area (Å²) in [5.74, 6) is 1.35. The number of imidazole rings is 1. The Bertz CT molecular complexity index is 510. The summed E-state index contributed by atoms with van der Waals surface area (Å²) in [6.07, 6.45) is 1.63. The second kappa shape index (κ2) is 4.20. The highest BCUT2D eigenvalue weighted by molar-refractivity contribution is 5.83. The molecule has 0 aliphatic rings. The van der Waals surface area contributed by atoms with Crippen molar-refractivity contribution in [1.82, 2.24) is 19.9 Å². The van der Waals surface area contributed by atoms with Crippen LogP contribution in [-0.2, 0) is 0 Å². The van der Waals surface area contributed by atoms with Gasteiger partial charge in [-0.25, -0.2) is 4.98 Å². The van der Waals surface area contributed by atoms with Crippen LogP contribution in [0.5, 0.6) is 0 Å². The molecule has 0 aromatic carbocycles. The normalized spacial score (nSPS) is 11.8. The van der Waals surface area contributed by atoms with Gasteiger partial charge in [-0.15, -0.1) is 0 Å². The SMILES string of the molecule is CNc1nc(NCC(C)(C)C)c2[nH]cnc2n1. The monoisotopic (exact) mass is 234 g/mol. The molecule has 2 aromatic rings. The predicted molar refractivity (Wildman–Crippen MR) is 69.2 cm³/mol. The maximum atomic E-state index is 4.39. The van der Waals surface area contributed by atoms with Crippen molar-refractivity contribution in [3.8, 4) is 0 Å². The summed E-state index contributed by atoms with van der Waals surface area (Å²) in [7, 11) is 1.79. The van der Waals surface area contributed by atoms with E-state index in [4.69, 9.17) is 0 Å². The van der Waals surface area contributed by atoms with Crippen molar-refractivity contribution in [1.29, 1.82) is 0 Å². The van der Waals surface area contributed by atoms with Gasteiger partial charge in [-0.05, 0) is 5.41 Å². The third-order valence-electron chi connectivity index (χ3n) is 2.30. The van der Waals surface area contributed by atoms with Crippen LogP contribution in [0.4, 0.5) is 11.8 Å². The van der Waals surface area contributed by atoms with Gasteiger partial charge >= 0.3 is 0 Å². The first kappa shape index (κ1) is 11.6. The number of H-pyrrole nitrogens is 1. The van der Waals surface area contributed by atoms with Gasteiger partial charge < -0.3 is 15.6 Å². The number of hydrogen-bond acceptors (Lipinski definition) is 5. The van der Waals surface area contributed by atoms with Crippen LogP contribution in [0, 0.1) is 5.41 Å². The first-order valence-corrected chi connectivity index (χ1v) is 5.62. The Kier molecular flexibility index (Phi) is 2.87. The van der Waals surface area contributed by atoms with Gasteiger partial charge in [0.05, 0.1) is 6.33 Å². The Balaban J connectivity index is 2.34.